The number of anilines is 1. The predicted molar refractivity (Wildman–Crippen MR) is 133 cm³/mol. The number of aromatic nitrogens is 4. The van der Waals surface area contributed by atoms with Crippen molar-refractivity contribution in [2.24, 2.45) is 0 Å². The normalized spacial score (nSPS) is 16.5. The summed E-state index contributed by atoms with van der Waals surface area (Å²) >= 11 is 0. The number of hydrogen-bond donors (Lipinski definition) is 1. The molecule has 8 heteroatoms. The zero-order valence-corrected chi connectivity index (χ0v) is 18.9. The number of nitrogens with one attached hydrogen (secondary N) is 1. The molecule has 1 fully saturated rings. The topological polar surface area (TPSA) is 79.2 Å². The number of benzene rings is 2. The molecule has 1 saturated heterocycles. The first kappa shape index (κ1) is 21.8. The molecular weight excluding hydrogens is 426 g/mol. The van der Waals surface area contributed by atoms with E-state index in [1.165, 1.54) is 0 Å². The van der Waals surface area contributed by atoms with E-state index in [2.05, 4.69) is 36.8 Å². The molecule has 8 nitrogen and oxygen atoms in total. The molecule has 34 heavy (non-hydrogen) atoms. The molecule has 0 aliphatic carbocycles. The van der Waals surface area contributed by atoms with Crippen LogP contribution in [0, 0.1) is 0 Å². The summed E-state index contributed by atoms with van der Waals surface area (Å²) in [6, 6.07) is 17.7. The molecule has 1 amide bonds. The van der Waals surface area contributed by atoms with Crippen LogP contribution in [0.4, 0.5) is 5.82 Å². The van der Waals surface area contributed by atoms with E-state index < -0.39 is 0 Å². The lowest BCUT2D eigenvalue weighted by Gasteiger charge is -2.41. The summed E-state index contributed by atoms with van der Waals surface area (Å²) < 4.78 is 1.87. The van der Waals surface area contributed by atoms with Crippen LogP contribution in [0.15, 0.2) is 86.0 Å². The third kappa shape index (κ3) is 4.53. The van der Waals surface area contributed by atoms with Gasteiger partial charge in [-0.1, -0.05) is 36.4 Å². The van der Waals surface area contributed by atoms with Crippen LogP contribution in [0.2, 0.25) is 0 Å². The van der Waals surface area contributed by atoms with Crippen molar-refractivity contribution in [2.75, 3.05) is 31.1 Å². The molecule has 0 radical (unpaired) electrons. The first-order valence-corrected chi connectivity index (χ1v) is 11.4. The van der Waals surface area contributed by atoms with Gasteiger partial charge < -0.3 is 10.2 Å². The van der Waals surface area contributed by atoms with Crippen molar-refractivity contribution in [3.05, 3.63) is 91.5 Å². The average molecular weight is 454 g/mol. The molecule has 4 aromatic rings. The highest BCUT2D eigenvalue weighted by molar-refractivity contribution is 5.90. The standard InChI is InChI=1S/C26H27N7O/c1-2-12-27-26(34)24-18-32(25-22-10-6-7-11-23(22)28-19-29-25)14-13-31(24)16-20-15-30-33(17-20)21-8-4-3-5-9-21/h2-11,15,17,19,24H,1,12-14,16,18H2,(H,27,34). The Bertz CT molecular complexity index is 1280. The van der Waals surface area contributed by atoms with E-state index >= 15 is 0 Å². The maximum absolute atomic E-state index is 13.1. The number of piperazine rings is 1. The fourth-order valence-electron chi connectivity index (χ4n) is 4.38. The molecule has 5 rings (SSSR count). The quantitative estimate of drug-likeness (QED) is 0.434. The number of para-hydroxylation sites is 2. The van der Waals surface area contributed by atoms with Crippen LogP contribution in [-0.2, 0) is 11.3 Å². The van der Waals surface area contributed by atoms with E-state index in [9.17, 15) is 4.79 Å². The van der Waals surface area contributed by atoms with E-state index in [-0.39, 0.29) is 11.9 Å². The Kier molecular flexibility index (Phi) is 6.31. The second-order valence-corrected chi connectivity index (χ2v) is 8.31. The van der Waals surface area contributed by atoms with E-state index in [0.717, 1.165) is 41.1 Å². The minimum absolute atomic E-state index is 0.0154. The molecular formula is C26H27N7O. The minimum atomic E-state index is -0.331. The summed E-state index contributed by atoms with van der Waals surface area (Å²) in [5, 5.41) is 8.49. The zero-order chi connectivity index (χ0) is 23.3. The maximum atomic E-state index is 13.1. The molecule has 0 spiro atoms. The monoisotopic (exact) mass is 453 g/mol. The van der Waals surface area contributed by atoms with Crippen molar-refractivity contribution in [1.82, 2.24) is 30.0 Å². The summed E-state index contributed by atoms with van der Waals surface area (Å²) in [6.45, 7) is 6.82. The van der Waals surface area contributed by atoms with Crippen molar-refractivity contribution in [1.29, 1.82) is 0 Å². The first-order chi connectivity index (χ1) is 16.7. The average Bonchev–Trinajstić information content (AvgIpc) is 3.36. The van der Waals surface area contributed by atoms with Gasteiger partial charge in [0.15, 0.2) is 0 Å². The third-order valence-corrected chi connectivity index (χ3v) is 6.08. The molecule has 1 N–H and O–H groups in total. The number of nitrogens with zero attached hydrogens (tertiary/aromatic N) is 6. The maximum Gasteiger partial charge on any atom is 0.239 e. The van der Waals surface area contributed by atoms with Crippen LogP contribution in [0.25, 0.3) is 16.6 Å². The molecule has 1 atom stereocenters. The Morgan fingerprint density at radius 3 is 2.76 bits per heavy atom. The summed E-state index contributed by atoms with van der Waals surface area (Å²) in [5.74, 6) is 0.849. The molecule has 172 valence electrons. The van der Waals surface area contributed by atoms with Gasteiger partial charge in [0.2, 0.25) is 5.91 Å². The predicted octanol–water partition coefficient (Wildman–Crippen LogP) is 2.81. The highest BCUT2D eigenvalue weighted by Gasteiger charge is 2.33. The van der Waals surface area contributed by atoms with Gasteiger partial charge in [-0.3, -0.25) is 9.69 Å². The van der Waals surface area contributed by atoms with Crippen LogP contribution >= 0.6 is 0 Å². The number of rotatable bonds is 7. The summed E-state index contributed by atoms with van der Waals surface area (Å²) in [4.78, 5) is 26.5. The van der Waals surface area contributed by atoms with Gasteiger partial charge in [0, 0.05) is 49.9 Å². The number of hydrogen-bond acceptors (Lipinski definition) is 6. The van der Waals surface area contributed by atoms with Gasteiger partial charge >= 0.3 is 0 Å². The molecule has 0 saturated carbocycles. The molecule has 1 unspecified atom stereocenters. The SMILES string of the molecule is C=CCNC(=O)C1CN(c2ncnc3ccccc23)CCN1Cc1cnn(-c2ccccc2)c1. The van der Waals surface area contributed by atoms with Crippen molar-refractivity contribution in [3.8, 4) is 5.69 Å². The Balaban J connectivity index is 1.38. The van der Waals surface area contributed by atoms with Gasteiger partial charge in [0.25, 0.3) is 0 Å². The Labute approximate surface area is 198 Å². The molecule has 3 heterocycles. The third-order valence-electron chi connectivity index (χ3n) is 6.08. The number of amides is 1. The lowest BCUT2D eigenvalue weighted by molar-refractivity contribution is -0.126. The minimum Gasteiger partial charge on any atom is -0.353 e. The summed E-state index contributed by atoms with van der Waals surface area (Å²) in [6.07, 6.45) is 7.19. The molecule has 0 bridgehead atoms. The fraction of sp³-hybridized carbons (Fsp3) is 0.231. The van der Waals surface area contributed by atoms with Crippen LogP contribution in [0.1, 0.15) is 5.56 Å². The van der Waals surface area contributed by atoms with Crippen LogP contribution in [0.5, 0.6) is 0 Å². The van der Waals surface area contributed by atoms with Crippen molar-refractivity contribution < 1.29 is 4.79 Å². The zero-order valence-electron chi connectivity index (χ0n) is 18.9. The van der Waals surface area contributed by atoms with E-state index in [1.807, 2.05) is 71.7 Å². The van der Waals surface area contributed by atoms with Gasteiger partial charge in [-0.05, 0) is 24.3 Å². The van der Waals surface area contributed by atoms with Gasteiger partial charge in [-0.25, -0.2) is 14.6 Å². The van der Waals surface area contributed by atoms with Crippen LogP contribution in [-0.4, -0.2) is 62.8 Å². The number of carbonyl (C=O) groups excluding carboxylic acids is 1. The van der Waals surface area contributed by atoms with E-state index in [0.29, 0.717) is 19.6 Å². The second-order valence-electron chi connectivity index (χ2n) is 8.31. The fourth-order valence-corrected chi connectivity index (χ4v) is 4.38. The number of fused-ring (bicyclic) bond motifs is 1. The Hall–Kier alpha value is -4.04. The summed E-state index contributed by atoms with van der Waals surface area (Å²) in [7, 11) is 0. The highest BCUT2D eigenvalue weighted by Crippen LogP contribution is 2.26. The van der Waals surface area contributed by atoms with Crippen LogP contribution < -0.4 is 10.2 Å². The smallest absolute Gasteiger partial charge is 0.239 e. The lowest BCUT2D eigenvalue weighted by atomic mass is 10.1. The first-order valence-electron chi connectivity index (χ1n) is 11.4. The van der Waals surface area contributed by atoms with Gasteiger partial charge in [0.1, 0.15) is 18.2 Å². The highest BCUT2D eigenvalue weighted by atomic mass is 16.2. The Morgan fingerprint density at radius 1 is 1.09 bits per heavy atom. The van der Waals surface area contributed by atoms with Gasteiger partial charge in [-0.2, -0.15) is 5.10 Å². The molecule has 1 aliphatic heterocycles. The van der Waals surface area contributed by atoms with E-state index in [1.54, 1.807) is 12.4 Å². The molecule has 2 aromatic carbocycles. The van der Waals surface area contributed by atoms with Crippen molar-refractivity contribution in [3.63, 3.8) is 0 Å². The summed E-state index contributed by atoms with van der Waals surface area (Å²) in [5.41, 5.74) is 2.97. The van der Waals surface area contributed by atoms with Crippen LogP contribution in [0.3, 0.4) is 0 Å². The molecule has 1 aliphatic rings. The van der Waals surface area contributed by atoms with Gasteiger partial charge in [0.05, 0.1) is 17.4 Å². The number of carbonyl (C=O) groups is 1. The van der Waals surface area contributed by atoms with E-state index in [4.69, 9.17) is 0 Å². The van der Waals surface area contributed by atoms with Crippen molar-refractivity contribution >= 4 is 22.6 Å². The largest absolute Gasteiger partial charge is 0.353 e. The lowest BCUT2D eigenvalue weighted by Crippen LogP contribution is -2.59. The molecule has 2 aromatic heterocycles. The van der Waals surface area contributed by atoms with Gasteiger partial charge in [-0.15, -0.1) is 6.58 Å². The second kappa shape index (κ2) is 9.84. The Morgan fingerprint density at radius 2 is 1.91 bits per heavy atom. The van der Waals surface area contributed by atoms with Crippen molar-refractivity contribution in [2.45, 2.75) is 12.6 Å².